The number of carbonyl (C=O) groups is 1. The SMILES string of the molecule is CC(C)CNC(=O)C1CN(Cc2ccccc2)c2nc(NCc3ccccc3)nc3[nH]nc1c23. The molecule has 1 atom stereocenters. The fraction of sp³-hybridized carbons (Fsp3) is 0.308. The van der Waals surface area contributed by atoms with Gasteiger partial charge < -0.3 is 15.5 Å². The van der Waals surface area contributed by atoms with Crippen LogP contribution in [0.15, 0.2) is 60.7 Å². The van der Waals surface area contributed by atoms with Gasteiger partial charge in [0.05, 0.1) is 11.1 Å². The molecule has 34 heavy (non-hydrogen) atoms. The van der Waals surface area contributed by atoms with Crippen LogP contribution in [0.2, 0.25) is 0 Å². The lowest BCUT2D eigenvalue weighted by Crippen LogP contribution is -2.41. The average molecular weight is 456 g/mol. The third kappa shape index (κ3) is 4.57. The van der Waals surface area contributed by atoms with Gasteiger partial charge in [-0.3, -0.25) is 9.89 Å². The highest BCUT2D eigenvalue weighted by Gasteiger charge is 2.35. The molecule has 0 saturated heterocycles. The number of rotatable bonds is 8. The smallest absolute Gasteiger partial charge is 0.231 e. The van der Waals surface area contributed by atoms with Gasteiger partial charge in [0.2, 0.25) is 11.9 Å². The maximum absolute atomic E-state index is 13.1. The van der Waals surface area contributed by atoms with E-state index < -0.39 is 5.92 Å². The molecule has 2 aromatic carbocycles. The molecule has 0 spiro atoms. The van der Waals surface area contributed by atoms with Gasteiger partial charge in [-0.1, -0.05) is 74.5 Å². The van der Waals surface area contributed by atoms with Gasteiger partial charge in [-0.25, -0.2) is 0 Å². The molecule has 8 nitrogen and oxygen atoms in total. The molecule has 0 radical (unpaired) electrons. The van der Waals surface area contributed by atoms with Gasteiger partial charge >= 0.3 is 0 Å². The van der Waals surface area contributed by atoms with Crippen molar-refractivity contribution in [3.63, 3.8) is 0 Å². The molecule has 0 aliphatic carbocycles. The van der Waals surface area contributed by atoms with Crippen molar-refractivity contribution in [2.75, 3.05) is 23.3 Å². The molecule has 1 aliphatic heterocycles. The van der Waals surface area contributed by atoms with Crippen molar-refractivity contribution in [3.05, 3.63) is 77.5 Å². The third-order valence-corrected chi connectivity index (χ3v) is 5.97. The minimum Gasteiger partial charge on any atom is -0.355 e. The third-order valence-electron chi connectivity index (χ3n) is 5.97. The van der Waals surface area contributed by atoms with E-state index in [2.05, 4.69) is 68.8 Å². The summed E-state index contributed by atoms with van der Waals surface area (Å²) in [5.74, 6) is 1.29. The largest absolute Gasteiger partial charge is 0.355 e. The van der Waals surface area contributed by atoms with E-state index in [1.807, 2.05) is 36.4 Å². The van der Waals surface area contributed by atoms with Crippen molar-refractivity contribution < 1.29 is 4.79 Å². The lowest BCUT2D eigenvalue weighted by Gasteiger charge is -2.32. The molecule has 0 fully saturated rings. The quantitative estimate of drug-likeness (QED) is 0.373. The molecule has 174 valence electrons. The average Bonchev–Trinajstić information content (AvgIpc) is 3.28. The number of amides is 1. The van der Waals surface area contributed by atoms with E-state index >= 15 is 0 Å². The molecule has 1 amide bonds. The number of aromatic amines is 1. The number of benzene rings is 2. The summed E-state index contributed by atoms with van der Waals surface area (Å²) < 4.78 is 0. The predicted octanol–water partition coefficient (Wildman–Crippen LogP) is 3.84. The summed E-state index contributed by atoms with van der Waals surface area (Å²) in [6.07, 6.45) is 0. The second kappa shape index (κ2) is 9.51. The van der Waals surface area contributed by atoms with Crippen molar-refractivity contribution in [1.82, 2.24) is 25.5 Å². The summed E-state index contributed by atoms with van der Waals surface area (Å²) in [7, 11) is 0. The van der Waals surface area contributed by atoms with Gasteiger partial charge in [-0.05, 0) is 17.0 Å². The van der Waals surface area contributed by atoms with Crippen LogP contribution in [0.4, 0.5) is 11.8 Å². The lowest BCUT2D eigenvalue weighted by molar-refractivity contribution is -0.122. The maximum Gasteiger partial charge on any atom is 0.231 e. The zero-order valence-electron chi connectivity index (χ0n) is 19.5. The molecule has 2 aromatic heterocycles. The Morgan fingerprint density at radius 2 is 1.76 bits per heavy atom. The topological polar surface area (TPSA) is 98.8 Å². The zero-order chi connectivity index (χ0) is 23.5. The Labute approximate surface area is 198 Å². The van der Waals surface area contributed by atoms with Gasteiger partial charge in [0.25, 0.3) is 0 Å². The van der Waals surface area contributed by atoms with E-state index in [9.17, 15) is 4.79 Å². The van der Waals surface area contributed by atoms with Crippen LogP contribution >= 0.6 is 0 Å². The molecule has 3 heterocycles. The minimum absolute atomic E-state index is 0.0166. The van der Waals surface area contributed by atoms with Gasteiger partial charge in [0.1, 0.15) is 11.7 Å². The van der Waals surface area contributed by atoms with Crippen molar-refractivity contribution in [1.29, 1.82) is 0 Å². The molecule has 1 unspecified atom stereocenters. The van der Waals surface area contributed by atoms with E-state index in [0.29, 0.717) is 49.4 Å². The molecular formula is C26H29N7O. The van der Waals surface area contributed by atoms with Crippen LogP contribution in [0.3, 0.4) is 0 Å². The molecule has 5 rings (SSSR count). The van der Waals surface area contributed by atoms with Gasteiger partial charge in [-0.2, -0.15) is 15.1 Å². The lowest BCUT2D eigenvalue weighted by atomic mass is 9.96. The van der Waals surface area contributed by atoms with Gasteiger partial charge in [0.15, 0.2) is 5.65 Å². The van der Waals surface area contributed by atoms with E-state index in [4.69, 9.17) is 4.98 Å². The van der Waals surface area contributed by atoms with Crippen LogP contribution in [0.1, 0.15) is 36.6 Å². The van der Waals surface area contributed by atoms with Crippen molar-refractivity contribution in [3.8, 4) is 0 Å². The minimum atomic E-state index is -0.393. The van der Waals surface area contributed by atoms with Crippen LogP contribution in [0.5, 0.6) is 0 Å². The number of carbonyl (C=O) groups excluding carboxylic acids is 1. The van der Waals surface area contributed by atoms with E-state index in [0.717, 1.165) is 22.3 Å². The summed E-state index contributed by atoms with van der Waals surface area (Å²) in [6, 6.07) is 20.4. The molecule has 3 N–H and O–H groups in total. The summed E-state index contributed by atoms with van der Waals surface area (Å²) >= 11 is 0. The summed E-state index contributed by atoms with van der Waals surface area (Å²) in [4.78, 5) is 24.8. The van der Waals surface area contributed by atoms with E-state index in [1.54, 1.807) is 0 Å². The van der Waals surface area contributed by atoms with Crippen LogP contribution in [0.25, 0.3) is 11.0 Å². The number of H-pyrrole nitrogens is 1. The number of nitrogens with zero attached hydrogens (tertiary/aromatic N) is 4. The molecular weight excluding hydrogens is 426 g/mol. The van der Waals surface area contributed by atoms with Gasteiger partial charge in [-0.15, -0.1) is 0 Å². The number of hydrogen-bond acceptors (Lipinski definition) is 6. The summed E-state index contributed by atoms with van der Waals surface area (Å²) in [6.45, 7) is 6.56. The normalized spacial score (nSPS) is 15.0. The first-order chi connectivity index (χ1) is 16.6. The second-order valence-electron chi connectivity index (χ2n) is 9.10. The van der Waals surface area contributed by atoms with Crippen molar-refractivity contribution >= 4 is 28.7 Å². The number of nitrogens with one attached hydrogen (secondary N) is 3. The fourth-order valence-corrected chi connectivity index (χ4v) is 4.24. The zero-order valence-corrected chi connectivity index (χ0v) is 19.5. The molecule has 1 aliphatic rings. The standard InChI is InChI=1S/C26H29N7O/c1-17(2)13-27-25(34)20-16-33(15-19-11-7-4-8-12-19)24-21-22(20)31-32-23(21)29-26(30-24)28-14-18-9-5-3-6-10-18/h3-12,17,20H,13-16H2,1-2H3,(H,27,34)(H2,28,29,30,31,32). The fourth-order valence-electron chi connectivity index (χ4n) is 4.24. The summed E-state index contributed by atoms with van der Waals surface area (Å²) in [5.41, 5.74) is 3.65. The van der Waals surface area contributed by atoms with Crippen LogP contribution in [-0.2, 0) is 17.9 Å². The van der Waals surface area contributed by atoms with Crippen LogP contribution in [0, 0.1) is 5.92 Å². The summed E-state index contributed by atoms with van der Waals surface area (Å²) in [5, 5.41) is 14.8. The first kappa shape index (κ1) is 21.9. The molecule has 0 bridgehead atoms. The number of aromatic nitrogens is 4. The highest BCUT2D eigenvalue weighted by Crippen LogP contribution is 2.37. The first-order valence-electron chi connectivity index (χ1n) is 11.7. The van der Waals surface area contributed by atoms with E-state index in [-0.39, 0.29) is 5.91 Å². The Morgan fingerprint density at radius 1 is 1.06 bits per heavy atom. The van der Waals surface area contributed by atoms with E-state index in [1.165, 1.54) is 0 Å². The Balaban J connectivity index is 1.50. The number of hydrogen-bond donors (Lipinski definition) is 3. The second-order valence-corrected chi connectivity index (χ2v) is 9.10. The predicted molar refractivity (Wildman–Crippen MR) is 134 cm³/mol. The van der Waals surface area contributed by atoms with Crippen molar-refractivity contribution in [2.24, 2.45) is 5.92 Å². The Bertz CT molecular complexity index is 1270. The molecule has 0 saturated carbocycles. The highest BCUT2D eigenvalue weighted by atomic mass is 16.1. The Kier molecular flexibility index (Phi) is 6.12. The van der Waals surface area contributed by atoms with Gasteiger partial charge in [0, 0.05) is 26.2 Å². The highest BCUT2D eigenvalue weighted by molar-refractivity contribution is 5.98. The van der Waals surface area contributed by atoms with Crippen molar-refractivity contribution in [2.45, 2.75) is 32.9 Å². The number of anilines is 2. The Morgan fingerprint density at radius 3 is 2.47 bits per heavy atom. The van der Waals surface area contributed by atoms with Crippen LogP contribution < -0.4 is 15.5 Å². The maximum atomic E-state index is 13.1. The van der Waals surface area contributed by atoms with Crippen LogP contribution in [-0.4, -0.2) is 39.2 Å². The molecule has 8 heteroatoms. The molecule has 4 aromatic rings. The Hall–Kier alpha value is -3.94. The monoisotopic (exact) mass is 455 g/mol. The first-order valence-corrected chi connectivity index (χ1v) is 11.7.